The summed E-state index contributed by atoms with van der Waals surface area (Å²) in [4.78, 5) is 0. The van der Waals surface area contributed by atoms with Crippen LogP contribution in [0.5, 0.6) is 17.2 Å². The summed E-state index contributed by atoms with van der Waals surface area (Å²) in [5, 5.41) is 0. The van der Waals surface area contributed by atoms with E-state index in [1.165, 1.54) is 7.11 Å². The molecule has 5 heteroatoms. The summed E-state index contributed by atoms with van der Waals surface area (Å²) in [5.74, 6) is 0.901. The molecule has 0 saturated carbocycles. The Morgan fingerprint density at radius 3 is 2.10 bits per heavy atom. The van der Waals surface area contributed by atoms with Crippen molar-refractivity contribution in [3.63, 3.8) is 0 Å². The van der Waals surface area contributed by atoms with Crippen LogP contribution in [0.15, 0.2) is 36.4 Å². The standard InChI is InChI=1S/C16H18FNO3/c1-19-11-7-10(8-12(9-11)20-2)16(18)13-5-4-6-14(21-3)15(13)17/h4-9,16H,18H2,1-3H3. The molecule has 0 aliphatic rings. The lowest BCUT2D eigenvalue weighted by Gasteiger charge is -2.17. The fraction of sp³-hybridized carbons (Fsp3) is 0.250. The van der Waals surface area contributed by atoms with Gasteiger partial charge in [-0.1, -0.05) is 12.1 Å². The number of ether oxygens (including phenoxy) is 3. The molecule has 21 heavy (non-hydrogen) atoms. The zero-order valence-corrected chi connectivity index (χ0v) is 12.2. The van der Waals surface area contributed by atoms with Crippen molar-refractivity contribution in [3.8, 4) is 17.2 Å². The normalized spacial score (nSPS) is 11.9. The first-order chi connectivity index (χ1) is 10.1. The Labute approximate surface area is 123 Å². The summed E-state index contributed by atoms with van der Waals surface area (Å²) in [6.45, 7) is 0. The van der Waals surface area contributed by atoms with E-state index in [4.69, 9.17) is 19.9 Å². The van der Waals surface area contributed by atoms with Crippen molar-refractivity contribution in [1.29, 1.82) is 0 Å². The summed E-state index contributed by atoms with van der Waals surface area (Å²) in [7, 11) is 4.52. The van der Waals surface area contributed by atoms with Gasteiger partial charge in [-0.05, 0) is 23.8 Å². The van der Waals surface area contributed by atoms with Crippen LogP contribution >= 0.6 is 0 Å². The van der Waals surface area contributed by atoms with Crippen molar-refractivity contribution >= 4 is 0 Å². The second kappa shape index (κ2) is 6.45. The highest BCUT2D eigenvalue weighted by atomic mass is 19.1. The van der Waals surface area contributed by atoms with Crippen LogP contribution < -0.4 is 19.9 Å². The molecule has 0 spiro atoms. The molecule has 1 atom stereocenters. The van der Waals surface area contributed by atoms with E-state index in [1.54, 1.807) is 50.6 Å². The first kappa shape index (κ1) is 15.1. The van der Waals surface area contributed by atoms with Crippen LogP contribution in [0.3, 0.4) is 0 Å². The van der Waals surface area contributed by atoms with Gasteiger partial charge in [0.1, 0.15) is 11.5 Å². The first-order valence-corrected chi connectivity index (χ1v) is 6.41. The molecular formula is C16H18FNO3. The van der Waals surface area contributed by atoms with Crippen molar-refractivity contribution in [2.75, 3.05) is 21.3 Å². The molecule has 0 fully saturated rings. The quantitative estimate of drug-likeness (QED) is 0.920. The van der Waals surface area contributed by atoms with Gasteiger partial charge in [-0.15, -0.1) is 0 Å². The van der Waals surface area contributed by atoms with Crippen molar-refractivity contribution in [2.24, 2.45) is 5.73 Å². The molecule has 2 aromatic carbocycles. The lowest BCUT2D eigenvalue weighted by atomic mass is 9.98. The number of hydrogen-bond acceptors (Lipinski definition) is 4. The smallest absolute Gasteiger partial charge is 0.170 e. The highest BCUT2D eigenvalue weighted by molar-refractivity contribution is 5.44. The Balaban J connectivity index is 2.46. The van der Waals surface area contributed by atoms with E-state index >= 15 is 0 Å². The maximum absolute atomic E-state index is 14.3. The van der Waals surface area contributed by atoms with Crippen LogP contribution in [0.25, 0.3) is 0 Å². The molecule has 112 valence electrons. The highest BCUT2D eigenvalue weighted by Gasteiger charge is 2.18. The van der Waals surface area contributed by atoms with Gasteiger partial charge in [-0.3, -0.25) is 0 Å². The molecule has 2 aromatic rings. The van der Waals surface area contributed by atoms with Crippen LogP contribution in [0.1, 0.15) is 17.2 Å². The maximum atomic E-state index is 14.3. The number of hydrogen-bond donors (Lipinski definition) is 1. The fourth-order valence-electron chi connectivity index (χ4n) is 2.11. The van der Waals surface area contributed by atoms with E-state index in [1.807, 2.05) is 0 Å². The summed E-state index contributed by atoms with van der Waals surface area (Å²) >= 11 is 0. The monoisotopic (exact) mass is 291 g/mol. The molecule has 0 bridgehead atoms. The molecule has 0 radical (unpaired) electrons. The number of benzene rings is 2. The largest absolute Gasteiger partial charge is 0.497 e. The summed E-state index contributed by atoms with van der Waals surface area (Å²) in [6, 6.07) is 9.49. The average molecular weight is 291 g/mol. The SMILES string of the molecule is COc1cc(OC)cc(C(N)c2cccc(OC)c2F)c1. The predicted octanol–water partition coefficient (Wildman–Crippen LogP) is 2.90. The van der Waals surface area contributed by atoms with Gasteiger partial charge in [-0.2, -0.15) is 0 Å². The minimum absolute atomic E-state index is 0.165. The predicted molar refractivity (Wildman–Crippen MR) is 78.5 cm³/mol. The van der Waals surface area contributed by atoms with Crippen LogP contribution in [0, 0.1) is 5.82 Å². The van der Waals surface area contributed by atoms with Crippen molar-refractivity contribution < 1.29 is 18.6 Å². The molecule has 0 heterocycles. The Morgan fingerprint density at radius 2 is 1.57 bits per heavy atom. The van der Waals surface area contributed by atoms with Crippen molar-refractivity contribution in [1.82, 2.24) is 0 Å². The number of methoxy groups -OCH3 is 3. The van der Waals surface area contributed by atoms with Gasteiger partial charge in [0.2, 0.25) is 0 Å². The van der Waals surface area contributed by atoms with E-state index in [2.05, 4.69) is 0 Å². The Hall–Kier alpha value is -2.27. The molecule has 0 aliphatic carbocycles. The molecule has 0 amide bonds. The van der Waals surface area contributed by atoms with Gasteiger partial charge < -0.3 is 19.9 Å². The van der Waals surface area contributed by atoms with Crippen LogP contribution in [0.4, 0.5) is 4.39 Å². The van der Waals surface area contributed by atoms with Gasteiger partial charge in [0, 0.05) is 11.6 Å². The molecule has 2 rings (SSSR count). The Bertz CT molecular complexity index is 609. The van der Waals surface area contributed by atoms with Crippen LogP contribution in [-0.2, 0) is 0 Å². The molecule has 0 aliphatic heterocycles. The van der Waals surface area contributed by atoms with E-state index in [9.17, 15) is 4.39 Å². The Kier molecular flexibility index (Phi) is 4.65. The summed E-state index contributed by atoms with van der Waals surface area (Å²) < 4.78 is 29.7. The van der Waals surface area contributed by atoms with Crippen molar-refractivity contribution in [2.45, 2.75) is 6.04 Å². The molecule has 2 N–H and O–H groups in total. The zero-order chi connectivity index (χ0) is 15.4. The van der Waals surface area contributed by atoms with Gasteiger partial charge >= 0.3 is 0 Å². The summed E-state index contributed by atoms with van der Waals surface area (Å²) in [6.07, 6.45) is 0. The van der Waals surface area contributed by atoms with E-state index < -0.39 is 11.9 Å². The topological polar surface area (TPSA) is 53.7 Å². The minimum Gasteiger partial charge on any atom is -0.497 e. The van der Waals surface area contributed by atoms with Crippen LogP contribution in [0.2, 0.25) is 0 Å². The van der Waals surface area contributed by atoms with Crippen LogP contribution in [-0.4, -0.2) is 21.3 Å². The third kappa shape index (κ3) is 3.08. The van der Waals surface area contributed by atoms with Gasteiger partial charge in [0.15, 0.2) is 11.6 Å². The molecule has 0 aromatic heterocycles. The summed E-state index contributed by atoms with van der Waals surface area (Å²) in [5.41, 5.74) is 7.23. The maximum Gasteiger partial charge on any atom is 0.170 e. The second-order valence-electron chi connectivity index (χ2n) is 4.49. The molecule has 0 saturated heterocycles. The third-order valence-corrected chi connectivity index (χ3v) is 3.28. The molecule has 4 nitrogen and oxygen atoms in total. The second-order valence-corrected chi connectivity index (χ2v) is 4.49. The molecular weight excluding hydrogens is 273 g/mol. The Morgan fingerprint density at radius 1 is 0.952 bits per heavy atom. The number of halogens is 1. The lowest BCUT2D eigenvalue weighted by molar-refractivity contribution is 0.383. The zero-order valence-electron chi connectivity index (χ0n) is 12.2. The minimum atomic E-state index is -0.649. The fourth-order valence-corrected chi connectivity index (χ4v) is 2.11. The highest BCUT2D eigenvalue weighted by Crippen LogP contribution is 2.31. The van der Waals surface area contributed by atoms with Gasteiger partial charge in [0.25, 0.3) is 0 Å². The van der Waals surface area contributed by atoms with Gasteiger partial charge in [0.05, 0.1) is 27.4 Å². The lowest BCUT2D eigenvalue weighted by Crippen LogP contribution is -2.14. The first-order valence-electron chi connectivity index (χ1n) is 6.41. The van der Waals surface area contributed by atoms with E-state index in [-0.39, 0.29) is 5.75 Å². The van der Waals surface area contributed by atoms with E-state index in [0.717, 1.165) is 0 Å². The number of nitrogens with two attached hydrogens (primary N) is 1. The third-order valence-electron chi connectivity index (χ3n) is 3.28. The van der Waals surface area contributed by atoms with E-state index in [0.29, 0.717) is 22.6 Å². The van der Waals surface area contributed by atoms with Gasteiger partial charge in [-0.25, -0.2) is 4.39 Å². The average Bonchev–Trinajstić information content (AvgIpc) is 2.53. The number of rotatable bonds is 5. The molecule has 1 unspecified atom stereocenters. The van der Waals surface area contributed by atoms with Crippen molar-refractivity contribution in [3.05, 3.63) is 53.3 Å².